The normalized spacial score (nSPS) is 12.9. The smallest absolute Gasteiger partial charge is 0.231 e. The van der Waals surface area contributed by atoms with Gasteiger partial charge >= 0.3 is 0 Å². The number of quaternary nitrogens is 1. The number of benzene rings is 2. The molecule has 0 aliphatic carbocycles. The molecule has 1 aliphatic heterocycles. The number of rotatable bonds is 4. The van der Waals surface area contributed by atoms with E-state index < -0.39 is 0 Å². The maximum atomic E-state index is 13.2. The van der Waals surface area contributed by atoms with Crippen LogP contribution in [0.1, 0.15) is 18.1 Å². The molecule has 0 atom stereocenters. The predicted octanol–water partition coefficient (Wildman–Crippen LogP) is 2.10. The van der Waals surface area contributed by atoms with Gasteiger partial charge in [0.25, 0.3) is 0 Å². The summed E-state index contributed by atoms with van der Waals surface area (Å²) < 4.78 is 16.6. The number of fused-ring (bicyclic) bond motifs is 2. The van der Waals surface area contributed by atoms with E-state index in [2.05, 4.69) is 0 Å². The molecule has 0 radical (unpaired) electrons. The van der Waals surface area contributed by atoms with Crippen LogP contribution in [0.25, 0.3) is 22.1 Å². The van der Waals surface area contributed by atoms with Crippen LogP contribution in [-0.2, 0) is 13.0 Å². The van der Waals surface area contributed by atoms with Gasteiger partial charge in [-0.2, -0.15) is 0 Å². The fourth-order valence-electron chi connectivity index (χ4n) is 3.44. The summed E-state index contributed by atoms with van der Waals surface area (Å²) in [6.07, 6.45) is 2.09. The van der Waals surface area contributed by atoms with E-state index in [4.69, 9.17) is 13.9 Å². The number of aryl methyl sites for hydroxylation is 1. The van der Waals surface area contributed by atoms with E-state index in [1.807, 2.05) is 27.1 Å². The molecule has 6 heteroatoms. The minimum absolute atomic E-state index is 0.125. The van der Waals surface area contributed by atoms with Crippen molar-refractivity contribution in [2.45, 2.75) is 19.9 Å². The molecular weight excluding hydrogens is 346 g/mol. The van der Waals surface area contributed by atoms with Crippen LogP contribution in [0.4, 0.5) is 0 Å². The maximum absolute atomic E-state index is 13.2. The summed E-state index contributed by atoms with van der Waals surface area (Å²) in [4.78, 5) is 14.4. The molecule has 2 heterocycles. The van der Waals surface area contributed by atoms with Crippen LogP contribution in [0.5, 0.6) is 17.2 Å². The highest BCUT2D eigenvalue weighted by molar-refractivity contribution is 5.87. The third kappa shape index (κ3) is 2.92. The number of aromatic hydroxyl groups is 1. The lowest BCUT2D eigenvalue weighted by molar-refractivity contribution is -0.872. The molecule has 0 unspecified atom stereocenters. The van der Waals surface area contributed by atoms with Crippen LogP contribution < -0.4 is 19.8 Å². The lowest BCUT2D eigenvalue weighted by Gasteiger charge is -2.14. The minimum Gasteiger partial charge on any atom is -0.507 e. The van der Waals surface area contributed by atoms with Crippen molar-refractivity contribution in [1.82, 2.24) is 0 Å². The van der Waals surface area contributed by atoms with E-state index in [-0.39, 0.29) is 18.0 Å². The average Bonchev–Trinajstić information content (AvgIpc) is 3.11. The zero-order valence-corrected chi connectivity index (χ0v) is 15.6. The quantitative estimate of drug-likeness (QED) is 0.738. The fourth-order valence-corrected chi connectivity index (χ4v) is 3.44. The molecule has 3 aromatic rings. The maximum Gasteiger partial charge on any atom is 0.231 e. The number of phenols is 1. The Bertz CT molecular complexity index is 1080. The van der Waals surface area contributed by atoms with Gasteiger partial charge in [0.2, 0.25) is 12.2 Å². The first-order chi connectivity index (χ1) is 13.0. The summed E-state index contributed by atoms with van der Waals surface area (Å²) in [5.41, 5.74) is 2.89. The molecule has 0 saturated carbocycles. The van der Waals surface area contributed by atoms with Gasteiger partial charge in [0.05, 0.1) is 30.6 Å². The molecule has 0 amide bonds. The fraction of sp³-hybridized carbons (Fsp3) is 0.286. The van der Waals surface area contributed by atoms with Crippen molar-refractivity contribution >= 4 is 11.0 Å². The average molecular weight is 368 g/mol. The highest BCUT2D eigenvalue weighted by atomic mass is 16.7. The van der Waals surface area contributed by atoms with Crippen LogP contribution in [0.3, 0.4) is 0 Å². The zero-order valence-electron chi connectivity index (χ0n) is 15.6. The van der Waals surface area contributed by atoms with Gasteiger partial charge in [0.15, 0.2) is 11.5 Å². The Morgan fingerprint density at radius 1 is 1.15 bits per heavy atom. The van der Waals surface area contributed by atoms with Gasteiger partial charge in [0.1, 0.15) is 24.1 Å². The third-order valence-electron chi connectivity index (χ3n) is 4.81. The van der Waals surface area contributed by atoms with Gasteiger partial charge < -0.3 is 23.9 Å². The summed E-state index contributed by atoms with van der Waals surface area (Å²) in [6.45, 7) is 2.69. The van der Waals surface area contributed by atoms with Gasteiger partial charge in [-0.1, -0.05) is 13.0 Å². The number of nitrogens with one attached hydrogen (secondary N) is 1. The van der Waals surface area contributed by atoms with E-state index in [1.165, 1.54) is 6.26 Å². The Kier molecular flexibility index (Phi) is 4.28. The number of ether oxygens (including phenoxy) is 2. The summed E-state index contributed by atoms with van der Waals surface area (Å²) in [7, 11) is 3.98. The summed E-state index contributed by atoms with van der Waals surface area (Å²) in [5, 5.41) is 11.1. The monoisotopic (exact) mass is 368 g/mol. The molecule has 0 fully saturated rings. The lowest BCUT2D eigenvalue weighted by atomic mass is 9.99. The van der Waals surface area contributed by atoms with Crippen molar-refractivity contribution in [3.8, 4) is 28.4 Å². The topological polar surface area (TPSA) is 73.3 Å². The van der Waals surface area contributed by atoms with Gasteiger partial charge in [-0.15, -0.1) is 0 Å². The molecule has 1 aliphatic rings. The van der Waals surface area contributed by atoms with Gasteiger partial charge in [-0.05, 0) is 35.7 Å². The highest BCUT2D eigenvalue weighted by Crippen LogP contribution is 2.36. The van der Waals surface area contributed by atoms with Crippen molar-refractivity contribution in [3.05, 3.63) is 51.9 Å². The first kappa shape index (κ1) is 17.4. The molecule has 2 N–H and O–H groups in total. The zero-order chi connectivity index (χ0) is 19.1. The second-order valence-corrected chi connectivity index (χ2v) is 7.02. The SMILES string of the molecule is CCc1cc2c(=O)c(-c3ccc4c(c3)OCO4)coc2c(C[NH+](C)C)c1O. The molecule has 0 saturated heterocycles. The van der Waals surface area contributed by atoms with E-state index in [1.54, 1.807) is 18.2 Å². The highest BCUT2D eigenvalue weighted by Gasteiger charge is 2.21. The van der Waals surface area contributed by atoms with Gasteiger partial charge in [0, 0.05) is 0 Å². The molecule has 1 aromatic heterocycles. The summed E-state index contributed by atoms with van der Waals surface area (Å²) in [5.74, 6) is 1.49. The first-order valence-electron chi connectivity index (χ1n) is 8.97. The van der Waals surface area contributed by atoms with Crippen LogP contribution in [0.15, 0.2) is 39.7 Å². The largest absolute Gasteiger partial charge is 0.507 e. The van der Waals surface area contributed by atoms with Crippen molar-refractivity contribution in [3.63, 3.8) is 0 Å². The van der Waals surface area contributed by atoms with Crippen LogP contribution >= 0.6 is 0 Å². The standard InChI is InChI=1S/C21H21NO5/c1-4-12-7-14-20(24)16(13-5-6-17-18(8-13)27-11-26-17)10-25-21(14)15(19(12)23)9-22(2)3/h5-8,10,23H,4,9,11H2,1-3H3/p+1. The molecule has 2 aromatic carbocycles. The van der Waals surface area contributed by atoms with Gasteiger partial charge in [-0.25, -0.2) is 0 Å². The lowest BCUT2D eigenvalue weighted by Crippen LogP contribution is -3.04. The molecular formula is C21H22NO5+. The van der Waals surface area contributed by atoms with Crippen LogP contribution in [-0.4, -0.2) is 26.0 Å². The second-order valence-electron chi connectivity index (χ2n) is 7.02. The molecule has 0 spiro atoms. The van der Waals surface area contributed by atoms with E-state index in [0.717, 1.165) is 10.5 Å². The number of hydrogen-bond acceptors (Lipinski definition) is 5. The van der Waals surface area contributed by atoms with Crippen molar-refractivity contribution in [1.29, 1.82) is 0 Å². The number of hydrogen-bond donors (Lipinski definition) is 2. The Morgan fingerprint density at radius 3 is 2.67 bits per heavy atom. The third-order valence-corrected chi connectivity index (χ3v) is 4.81. The van der Waals surface area contributed by atoms with Crippen LogP contribution in [0.2, 0.25) is 0 Å². The molecule has 140 valence electrons. The van der Waals surface area contributed by atoms with Crippen LogP contribution in [0, 0.1) is 0 Å². The van der Waals surface area contributed by atoms with E-state index in [9.17, 15) is 9.90 Å². The number of phenolic OH excluding ortho intramolecular Hbond substituents is 1. The van der Waals surface area contributed by atoms with E-state index >= 15 is 0 Å². The Morgan fingerprint density at radius 2 is 1.93 bits per heavy atom. The Labute approximate surface area is 156 Å². The van der Waals surface area contributed by atoms with Crippen molar-refractivity contribution in [2.24, 2.45) is 0 Å². The Balaban J connectivity index is 1.94. The van der Waals surface area contributed by atoms with Crippen molar-refractivity contribution < 1.29 is 23.9 Å². The minimum atomic E-state index is -0.125. The molecule has 27 heavy (non-hydrogen) atoms. The van der Waals surface area contributed by atoms with E-state index in [0.29, 0.717) is 52.1 Å². The molecule has 0 bridgehead atoms. The van der Waals surface area contributed by atoms with Gasteiger partial charge in [-0.3, -0.25) is 4.79 Å². The van der Waals surface area contributed by atoms with Crippen molar-refractivity contribution in [2.75, 3.05) is 20.9 Å². The predicted molar refractivity (Wildman–Crippen MR) is 102 cm³/mol. The molecule has 6 nitrogen and oxygen atoms in total. The molecule has 4 rings (SSSR count). The first-order valence-corrected chi connectivity index (χ1v) is 8.97. The second kappa shape index (κ2) is 6.63. The Hall–Kier alpha value is -2.99. The summed E-state index contributed by atoms with van der Waals surface area (Å²) >= 11 is 0. The summed E-state index contributed by atoms with van der Waals surface area (Å²) in [6, 6.07) is 7.13.